The van der Waals surface area contributed by atoms with Crippen LogP contribution in [-0.2, 0) is 4.79 Å². The van der Waals surface area contributed by atoms with Gasteiger partial charge in [0.05, 0.1) is 6.42 Å². The zero-order valence-electron chi connectivity index (χ0n) is 9.17. The summed E-state index contributed by atoms with van der Waals surface area (Å²) >= 11 is 0. The Labute approximate surface area is 90.8 Å². The molecule has 0 unspecified atom stereocenters. The molecular weight excluding hydrogens is 194 g/mol. The highest BCUT2D eigenvalue weighted by Crippen LogP contribution is 1.93. The molecule has 88 valence electrons. The predicted molar refractivity (Wildman–Crippen MR) is 59.0 cm³/mol. The molecule has 3 N–H and O–H groups in total. The minimum atomic E-state index is -0.732. The van der Waals surface area contributed by atoms with Crippen LogP contribution in [0.1, 0.15) is 12.8 Å². The monoisotopic (exact) mass is 215 g/mol. The molecule has 1 saturated heterocycles. The summed E-state index contributed by atoms with van der Waals surface area (Å²) in [5.41, 5.74) is 0. The molecule has 0 spiro atoms. The molecule has 0 aromatic heterocycles. The Kier molecular flexibility index (Phi) is 6.31. The van der Waals surface area contributed by atoms with Crippen LogP contribution in [0.3, 0.4) is 0 Å². The number of carboxylic acids is 1. The van der Waals surface area contributed by atoms with Crippen molar-refractivity contribution >= 4 is 5.97 Å². The molecule has 5 heteroatoms. The third-order valence-corrected chi connectivity index (χ3v) is 2.55. The van der Waals surface area contributed by atoms with Crippen LogP contribution in [0, 0.1) is 0 Å². The number of rotatable bonds is 7. The third kappa shape index (κ3) is 6.43. The SMILES string of the molecule is O=C(O)CCNCCCN1CCNCC1. The molecule has 0 saturated carbocycles. The quantitative estimate of drug-likeness (QED) is 0.492. The number of piperazine rings is 1. The maximum absolute atomic E-state index is 10.2. The van der Waals surface area contributed by atoms with Gasteiger partial charge in [0.25, 0.3) is 0 Å². The van der Waals surface area contributed by atoms with E-state index in [0.717, 1.165) is 45.7 Å². The number of carboxylic acid groups (broad SMARTS) is 1. The average Bonchev–Trinajstić information content (AvgIpc) is 2.24. The molecule has 0 aromatic rings. The molecule has 0 aliphatic carbocycles. The number of nitrogens with zero attached hydrogens (tertiary/aromatic N) is 1. The number of carbonyl (C=O) groups is 1. The highest BCUT2D eigenvalue weighted by Gasteiger charge is 2.07. The van der Waals surface area contributed by atoms with E-state index in [0.29, 0.717) is 6.54 Å². The highest BCUT2D eigenvalue weighted by atomic mass is 16.4. The summed E-state index contributed by atoms with van der Waals surface area (Å²) in [7, 11) is 0. The van der Waals surface area contributed by atoms with Crippen molar-refractivity contribution in [1.29, 1.82) is 0 Å². The van der Waals surface area contributed by atoms with Gasteiger partial charge < -0.3 is 20.6 Å². The van der Waals surface area contributed by atoms with Crippen LogP contribution in [0.15, 0.2) is 0 Å². The smallest absolute Gasteiger partial charge is 0.304 e. The van der Waals surface area contributed by atoms with E-state index in [2.05, 4.69) is 15.5 Å². The molecule has 0 radical (unpaired) electrons. The fraction of sp³-hybridized carbons (Fsp3) is 0.900. The Hall–Kier alpha value is -0.650. The van der Waals surface area contributed by atoms with Crippen molar-refractivity contribution in [1.82, 2.24) is 15.5 Å². The van der Waals surface area contributed by atoms with E-state index in [1.807, 2.05) is 0 Å². The third-order valence-electron chi connectivity index (χ3n) is 2.55. The first kappa shape index (κ1) is 12.4. The van der Waals surface area contributed by atoms with Gasteiger partial charge in [0.2, 0.25) is 0 Å². The fourth-order valence-corrected chi connectivity index (χ4v) is 1.68. The Morgan fingerprint density at radius 3 is 2.73 bits per heavy atom. The Morgan fingerprint density at radius 1 is 1.33 bits per heavy atom. The van der Waals surface area contributed by atoms with Gasteiger partial charge in [-0.15, -0.1) is 0 Å². The van der Waals surface area contributed by atoms with E-state index in [9.17, 15) is 4.79 Å². The summed E-state index contributed by atoms with van der Waals surface area (Å²) in [6, 6.07) is 0. The second kappa shape index (κ2) is 7.62. The highest BCUT2D eigenvalue weighted by molar-refractivity contribution is 5.66. The van der Waals surface area contributed by atoms with Crippen molar-refractivity contribution in [3.63, 3.8) is 0 Å². The topological polar surface area (TPSA) is 64.6 Å². The summed E-state index contributed by atoms with van der Waals surface area (Å²) in [6.07, 6.45) is 1.31. The van der Waals surface area contributed by atoms with Crippen molar-refractivity contribution in [3.8, 4) is 0 Å². The van der Waals surface area contributed by atoms with Gasteiger partial charge >= 0.3 is 5.97 Å². The Morgan fingerprint density at radius 2 is 2.07 bits per heavy atom. The molecule has 1 fully saturated rings. The molecule has 0 atom stereocenters. The summed E-state index contributed by atoms with van der Waals surface area (Å²) < 4.78 is 0. The first-order valence-electron chi connectivity index (χ1n) is 5.64. The van der Waals surface area contributed by atoms with Crippen LogP contribution < -0.4 is 10.6 Å². The van der Waals surface area contributed by atoms with Gasteiger partial charge in [-0.25, -0.2) is 0 Å². The lowest BCUT2D eigenvalue weighted by molar-refractivity contribution is -0.136. The van der Waals surface area contributed by atoms with Gasteiger partial charge in [0, 0.05) is 32.7 Å². The standard InChI is InChI=1S/C10H21N3O2/c14-10(15)2-4-11-3-1-7-13-8-5-12-6-9-13/h11-12H,1-9H2,(H,14,15). The number of nitrogens with one attached hydrogen (secondary N) is 2. The number of hydrogen-bond acceptors (Lipinski definition) is 4. The average molecular weight is 215 g/mol. The molecule has 1 aliphatic rings. The number of hydrogen-bond donors (Lipinski definition) is 3. The van der Waals surface area contributed by atoms with E-state index in [4.69, 9.17) is 5.11 Å². The minimum Gasteiger partial charge on any atom is -0.481 e. The lowest BCUT2D eigenvalue weighted by Gasteiger charge is -2.27. The summed E-state index contributed by atoms with van der Waals surface area (Å²) in [5.74, 6) is -0.732. The maximum atomic E-state index is 10.2. The summed E-state index contributed by atoms with van der Waals surface area (Å²) in [4.78, 5) is 12.7. The zero-order chi connectivity index (χ0) is 10.9. The second-order valence-electron chi connectivity index (χ2n) is 3.84. The molecule has 1 heterocycles. The van der Waals surface area contributed by atoms with Crippen molar-refractivity contribution in [3.05, 3.63) is 0 Å². The van der Waals surface area contributed by atoms with Gasteiger partial charge in [-0.05, 0) is 19.5 Å². The largest absolute Gasteiger partial charge is 0.481 e. The van der Waals surface area contributed by atoms with Crippen LogP contribution in [0.4, 0.5) is 0 Å². The van der Waals surface area contributed by atoms with E-state index in [-0.39, 0.29) is 6.42 Å². The molecule has 15 heavy (non-hydrogen) atoms. The van der Waals surface area contributed by atoms with Crippen LogP contribution in [0.5, 0.6) is 0 Å². The fourth-order valence-electron chi connectivity index (χ4n) is 1.68. The van der Waals surface area contributed by atoms with Crippen LogP contribution in [0.25, 0.3) is 0 Å². The van der Waals surface area contributed by atoms with E-state index >= 15 is 0 Å². The maximum Gasteiger partial charge on any atom is 0.304 e. The minimum absolute atomic E-state index is 0.216. The van der Waals surface area contributed by atoms with Gasteiger partial charge in [-0.3, -0.25) is 4.79 Å². The molecule has 0 amide bonds. The normalized spacial score (nSPS) is 17.9. The summed E-state index contributed by atoms with van der Waals surface area (Å²) in [6.45, 7) is 7.05. The Bertz CT molecular complexity index is 182. The molecule has 1 rings (SSSR count). The van der Waals surface area contributed by atoms with Gasteiger partial charge in [-0.2, -0.15) is 0 Å². The first-order valence-corrected chi connectivity index (χ1v) is 5.64. The zero-order valence-corrected chi connectivity index (χ0v) is 9.17. The van der Waals surface area contributed by atoms with E-state index in [1.54, 1.807) is 0 Å². The molecule has 0 aromatic carbocycles. The summed E-state index contributed by atoms with van der Waals surface area (Å²) in [5, 5.41) is 14.9. The molecular formula is C10H21N3O2. The molecule has 1 aliphatic heterocycles. The van der Waals surface area contributed by atoms with Crippen molar-refractivity contribution in [2.45, 2.75) is 12.8 Å². The predicted octanol–water partition coefficient (Wildman–Crippen LogP) is -0.654. The van der Waals surface area contributed by atoms with Crippen molar-refractivity contribution in [2.75, 3.05) is 45.8 Å². The first-order chi connectivity index (χ1) is 7.29. The van der Waals surface area contributed by atoms with Gasteiger partial charge in [-0.1, -0.05) is 0 Å². The molecule has 0 bridgehead atoms. The Balaban J connectivity index is 1.85. The number of aliphatic carboxylic acids is 1. The lowest BCUT2D eigenvalue weighted by Crippen LogP contribution is -2.44. The van der Waals surface area contributed by atoms with Crippen LogP contribution in [0.2, 0.25) is 0 Å². The van der Waals surface area contributed by atoms with Gasteiger partial charge in [0.1, 0.15) is 0 Å². The molecule has 5 nitrogen and oxygen atoms in total. The lowest BCUT2D eigenvalue weighted by atomic mass is 10.3. The van der Waals surface area contributed by atoms with Crippen LogP contribution >= 0.6 is 0 Å². The van der Waals surface area contributed by atoms with Gasteiger partial charge in [0.15, 0.2) is 0 Å². The van der Waals surface area contributed by atoms with Crippen molar-refractivity contribution in [2.24, 2.45) is 0 Å². The van der Waals surface area contributed by atoms with Crippen LogP contribution in [-0.4, -0.2) is 61.8 Å². The van der Waals surface area contributed by atoms with E-state index in [1.165, 1.54) is 0 Å². The van der Waals surface area contributed by atoms with E-state index < -0.39 is 5.97 Å². The van der Waals surface area contributed by atoms with Crippen molar-refractivity contribution < 1.29 is 9.90 Å². The second-order valence-corrected chi connectivity index (χ2v) is 3.84.